The van der Waals surface area contributed by atoms with Gasteiger partial charge < -0.3 is 10.2 Å². The number of urea groups is 1. The molecular weight excluding hydrogens is 365 g/mol. The van der Waals surface area contributed by atoms with Crippen molar-refractivity contribution in [1.82, 2.24) is 9.80 Å². The second-order valence-corrected chi connectivity index (χ2v) is 3.68. The summed E-state index contributed by atoms with van der Waals surface area (Å²) < 4.78 is 0. The Hall–Kier alpha value is -0.412. The van der Waals surface area contributed by atoms with E-state index in [1.807, 2.05) is 0 Å². The van der Waals surface area contributed by atoms with Crippen molar-refractivity contribution in [1.29, 1.82) is 0 Å². The molecule has 2 aliphatic rings. The topological polar surface area (TPSA) is 54.7 Å². The second-order valence-electron chi connectivity index (χ2n) is 3.68. The molecule has 0 radical (unpaired) electrons. The normalized spacial score (nSPS) is 31.6. The quantitative estimate of drug-likeness (QED) is 0.559. The zero-order valence-corrected chi connectivity index (χ0v) is 10.4. The Morgan fingerprint density at radius 2 is 2.07 bits per heavy atom. The minimum atomic E-state index is -0.704. The molecule has 5 nitrogen and oxygen atoms in total. The minimum absolute atomic E-state index is 0. The molecule has 6 heteroatoms. The Morgan fingerprint density at radius 3 is 2.64 bits per heavy atom. The van der Waals surface area contributed by atoms with E-state index >= 15 is 0 Å². The minimum Gasteiger partial charge on any atom is -0.659 e. The van der Waals surface area contributed by atoms with Crippen LogP contribution in [0.25, 0.3) is 5.32 Å². The van der Waals surface area contributed by atoms with E-state index < -0.39 is 5.54 Å². The third-order valence-electron chi connectivity index (χ3n) is 2.78. The van der Waals surface area contributed by atoms with Crippen molar-refractivity contribution in [2.45, 2.75) is 12.5 Å². The molecule has 1 unspecified atom stereocenters. The number of rotatable bonds is 0. The summed E-state index contributed by atoms with van der Waals surface area (Å²) in [6.07, 6.45) is 0. The molecule has 0 spiro atoms. The predicted molar refractivity (Wildman–Crippen MR) is 46.4 cm³/mol. The van der Waals surface area contributed by atoms with Gasteiger partial charge in [0.1, 0.15) is 5.54 Å². The summed E-state index contributed by atoms with van der Waals surface area (Å²) in [5.74, 6) is -0.138. The second kappa shape index (κ2) is 3.63. The van der Waals surface area contributed by atoms with Gasteiger partial charge in [0.15, 0.2) is 0 Å². The number of carbonyl (C=O) groups excluding carboxylic acids is 2. The van der Waals surface area contributed by atoms with E-state index in [4.69, 9.17) is 0 Å². The average Bonchev–Trinajstić information content (AvgIpc) is 2.29. The van der Waals surface area contributed by atoms with Gasteiger partial charge >= 0.3 is 27.1 Å². The molecule has 0 aliphatic carbocycles. The van der Waals surface area contributed by atoms with Crippen LogP contribution in [0.2, 0.25) is 0 Å². The van der Waals surface area contributed by atoms with Crippen molar-refractivity contribution >= 4 is 11.9 Å². The number of nitrogens with zero attached hydrogens (tertiary/aromatic N) is 3. The van der Waals surface area contributed by atoms with Gasteiger partial charge in [-0.15, -0.1) is 13.1 Å². The first-order valence-corrected chi connectivity index (χ1v) is 4.30. The van der Waals surface area contributed by atoms with Gasteiger partial charge in [-0.05, 0) is 6.92 Å². The summed E-state index contributed by atoms with van der Waals surface area (Å²) in [6.45, 7) is 3.41. The van der Waals surface area contributed by atoms with Crippen molar-refractivity contribution < 1.29 is 30.7 Å². The number of carbonyl (C=O) groups is 2. The molecule has 14 heavy (non-hydrogen) atoms. The number of amides is 3. The number of fused-ring (bicyclic) bond motifs is 1. The van der Waals surface area contributed by atoms with E-state index in [1.54, 1.807) is 11.8 Å². The largest absolute Gasteiger partial charge is 2.00 e. The molecule has 2 rings (SSSR count). The summed E-state index contributed by atoms with van der Waals surface area (Å²) in [6, 6.07) is -0.192. The molecule has 80 valence electrons. The maximum absolute atomic E-state index is 11.7. The molecule has 2 fully saturated rings. The Balaban J connectivity index is 0.000000980. The van der Waals surface area contributed by atoms with Gasteiger partial charge in [-0.1, -0.05) is 0 Å². The third kappa shape index (κ3) is 1.30. The zero-order valence-electron chi connectivity index (χ0n) is 8.10. The molecule has 0 bridgehead atoms. The molecule has 2 aliphatic heterocycles. The van der Waals surface area contributed by atoms with Crippen molar-refractivity contribution in [3.8, 4) is 0 Å². The summed E-state index contributed by atoms with van der Waals surface area (Å²) in [7, 11) is 1.52. The van der Waals surface area contributed by atoms with Crippen LogP contribution in [-0.4, -0.2) is 54.0 Å². The number of hydrogen-bond donors (Lipinski definition) is 0. The van der Waals surface area contributed by atoms with Gasteiger partial charge in [0.2, 0.25) is 0 Å². The van der Waals surface area contributed by atoms with Crippen LogP contribution in [0.4, 0.5) is 4.79 Å². The van der Waals surface area contributed by atoms with Gasteiger partial charge in [0, 0.05) is 13.6 Å². The van der Waals surface area contributed by atoms with Gasteiger partial charge in [0.05, 0.1) is 0 Å². The number of imide groups is 1. The standard InChI is InChI=1S/C8H12N3O2.Pt/c1-8-5-9-3-4-11(8)7(13)10(2)6(8)12;/h3-5H2,1-2H3;/q-1;+2. The van der Waals surface area contributed by atoms with Gasteiger partial charge in [-0.25, -0.2) is 4.79 Å². The van der Waals surface area contributed by atoms with Crippen LogP contribution in [0.15, 0.2) is 0 Å². The average molecular weight is 377 g/mol. The zero-order chi connectivity index (χ0) is 9.64. The van der Waals surface area contributed by atoms with Crippen LogP contribution in [0, 0.1) is 0 Å². The Kier molecular flexibility index (Phi) is 3.02. The summed E-state index contributed by atoms with van der Waals surface area (Å²) in [5.41, 5.74) is -0.704. The first-order chi connectivity index (χ1) is 6.07. The molecule has 0 saturated carbocycles. The van der Waals surface area contributed by atoms with Gasteiger partial charge in [-0.2, -0.15) is 0 Å². The Bertz CT molecular complexity index is 284. The SMILES string of the molecule is CN1C(=O)N2CC[N-]CC2(C)C1=O.[Pt+2]. The maximum atomic E-state index is 11.7. The summed E-state index contributed by atoms with van der Waals surface area (Å²) in [4.78, 5) is 26.0. The smallest absolute Gasteiger partial charge is 0.659 e. The molecular formula is C8H12N3O2Pt+. The Labute approximate surface area is 97.1 Å². The van der Waals surface area contributed by atoms with Crippen LogP contribution in [-0.2, 0) is 25.9 Å². The van der Waals surface area contributed by atoms with Crippen LogP contribution in [0.1, 0.15) is 6.92 Å². The molecule has 3 amide bonds. The van der Waals surface area contributed by atoms with E-state index in [0.29, 0.717) is 19.6 Å². The summed E-state index contributed by atoms with van der Waals surface area (Å²) in [5, 5.41) is 4.17. The van der Waals surface area contributed by atoms with E-state index in [0.717, 1.165) is 0 Å². The molecule has 0 aromatic carbocycles. The molecule has 0 aromatic rings. The fourth-order valence-electron chi connectivity index (χ4n) is 1.92. The van der Waals surface area contributed by atoms with Crippen molar-refractivity contribution in [2.24, 2.45) is 0 Å². The summed E-state index contributed by atoms with van der Waals surface area (Å²) >= 11 is 0. The predicted octanol–water partition coefficient (Wildman–Crippen LogP) is 0.0239. The van der Waals surface area contributed by atoms with Crippen LogP contribution in [0.3, 0.4) is 0 Å². The van der Waals surface area contributed by atoms with E-state index in [-0.39, 0.29) is 33.0 Å². The van der Waals surface area contributed by atoms with E-state index in [1.165, 1.54) is 11.9 Å². The molecule has 2 saturated heterocycles. The van der Waals surface area contributed by atoms with Gasteiger partial charge in [0.25, 0.3) is 5.91 Å². The monoisotopic (exact) mass is 377 g/mol. The fraction of sp³-hybridized carbons (Fsp3) is 0.750. The van der Waals surface area contributed by atoms with Crippen LogP contribution in [0.5, 0.6) is 0 Å². The van der Waals surface area contributed by atoms with Crippen molar-refractivity contribution in [3.63, 3.8) is 0 Å². The van der Waals surface area contributed by atoms with Crippen LogP contribution >= 0.6 is 0 Å². The van der Waals surface area contributed by atoms with E-state index in [2.05, 4.69) is 5.32 Å². The third-order valence-corrected chi connectivity index (χ3v) is 2.78. The van der Waals surface area contributed by atoms with Gasteiger partial charge in [-0.3, -0.25) is 9.69 Å². The Morgan fingerprint density at radius 1 is 1.43 bits per heavy atom. The first kappa shape index (κ1) is 11.7. The van der Waals surface area contributed by atoms with E-state index in [9.17, 15) is 9.59 Å². The maximum Gasteiger partial charge on any atom is 2.00 e. The molecule has 2 heterocycles. The van der Waals surface area contributed by atoms with Crippen LogP contribution < -0.4 is 0 Å². The molecule has 1 atom stereocenters. The molecule has 0 aromatic heterocycles. The number of hydrogen-bond acceptors (Lipinski definition) is 2. The number of piperazine rings is 1. The fourth-order valence-corrected chi connectivity index (χ4v) is 1.92. The van der Waals surface area contributed by atoms with Crippen molar-refractivity contribution in [2.75, 3.05) is 26.7 Å². The molecule has 0 N–H and O–H groups in total. The van der Waals surface area contributed by atoms with Crippen molar-refractivity contribution in [3.05, 3.63) is 5.32 Å². The number of likely N-dealkylation sites (N-methyl/N-ethyl adjacent to an activating group) is 1. The first-order valence-electron chi connectivity index (χ1n) is 4.30.